The van der Waals surface area contributed by atoms with Gasteiger partial charge in [-0.3, -0.25) is 0 Å². The summed E-state index contributed by atoms with van der Waals surface area (Å²) in [7, 11) is 0. The first-order valence-corrected chi connectivity index (χ1v) is 5.92. The van der Waals surface area contributed by atoms with E-state index >= 15 is 0 Å². The highest BCUT2D eigenvalue weighted by Gasteiger charge is 2.22. The summed E-state index contributed by atoms with van der Waals surface area (Å²) in [6.07, 6.45) is 5.03. The molecule has 0 bridgehead atoms. The Bertz CT molecular complexity index is 162. The van der Waals surface area contributed by atoms with E-state index in [-0.39, 0.29) is 0 Å². The first-order valence-electron chi connectivity index (χ1n) is 5.92. The minimum Gasteiger partial charge on any atom is -0.390 e. The van der Waals surface area contributed by atoms with Crippen molar-refractivity contribution in [1.29, 1.82) is 0 Å². The zero-order valence-corrected chi connectivity index (χ0v) is 9.84. The van der Waals surface area contributed by atoms with E-state index in [0.717, 1.165) is 31.3 Å². The molecule has 2 nitrogen and oxygen atoms in total. The van der Waals surface area contributed by atoms with Crippen LogP contribution < -0.4 is 5.32 Å². The maximum Gasteiger partial charge on any atom is 0.0603 e. The van der Waals surface area contributed by atoms with Gasteiger partial charge in [0.1, 0.15) is 0 Å². The largest absolute Gasteiger partial charge is 0.390 e. The molecule has 2 atom stereocenters. The lowest BCUT2D eigenvalue weighted by Crippen LogP contribution is -2.30. The number of rotatable bonds is 5. The molecule has 1 rings (SSSR count). The molecule has 2 N–H and O–H groups in total. The Hall–Kier alpha value is -0.0800. The molecule has 0 spiro atoms. The topological polar surface area (TPSA) is 32.3 Å². The molecule has 2 unspecified atom stereocenters. The highest BCUT2D eigenvalue weighted by atomic mass is 16.3. The fourth-order valence-corrected chi connectivity index (χ4v) is 2.21. The van der Waals surface area contributed by atoms with Crippen LogP contribution in [0.3, 0.4) is 0 Å². The second-order valence-electron chi connectivity index (χ2n) is 5.43. The number of hydrogen-bond donors (Lipinski definition) is 2. The molecule has 0 aliphatic heterocycles. The summed E-state index contributed by atoms with van der Waals surface area (Å²) >= 11 is 0. The van der Waals surface area contributed by atoms with Gasteiger partial charge in [0, 0.05) is 0 Å². The Morgan fingerprint density at radius 1 is 1.36 bits per heavy atom. The van der Waals surface area contributed by atoms with Gasteiger partial charge in [0.15, 0.2) is 0 Å². The zero-order chi connectivity index (χ0) is 10.6. The van der Waals surface area contributed by atoms with Gasteiger partial charge >= 0.3 is 0 Å². The van der Waals surface area contributed by atoms with Crippen LogP contribution in [-0.2, 0) is 0 Å². The highest BCUT2D eigenvalue weighted by Crippen LogP contribution is 2.30. The van der Waals surface area contributed by atoms with E-state index < -0.39 is 5.60 Å². The third-order valence-electron chi connectivity index (χ3n) is 3.36. The Morgan fingerprint density at radius 3 is 2.57 bits per heavy atom. The van der Waals surface area contributed by atoms with Crippen LogP contribution >= 0.6 is 0 Å². The molecule has 14 heavy (non-hydrogen) atoms. The molecule has 0 aromatic heterocycles. The second-order valence-corrected chi connectivity index (χ2v) is 5.43. The van der Waals surface area contributed by atoms with Crippen molar-refractivity contribution in [2.24, 2.45) is 11.8 Å². The lowest BCUT2D eigenvalue weighted by molar-refractivity contribution is 0.0708. The number of nitrogens with one attached hydrogen (secondary N) is 1. The molecule has 0 heterocycles. The van der Waals surface area contributed by atoms with Crippen molar-refractivity contribution in [3.63, 3.8) is 0 Å². The van der Waals surface area contributed by atoms with Gasteiger partial charge < -0.3 is 10.4 Å². The summed E-state index contributed by atoms with van der Waals surface area (Å²) in [6.45, 7) is 8.17. The zero-order valence-electron chi connectivity index (χ0n) is 9.84. The molecule has 1 aliphatic carbocycles. The summed E-state index contributed by atoms with van der Waals surface area (Å²) in [5.74, 6) is 1.77. The maximum absolute atomic E-state index is 9.52. The summed E-state index contributed by atoms with van der Waals surface area (Å²) < 4.78 is 0. The second kappa shape index (κ2) is 5.13. The molecule has 0 aromatic rings. The monoisotopic (exact) mass is 199 g/mol. The quantitative estimate of drug-likeness (QED) is 0.665. The lowest BCUT2D eigenvalue weighted by Gasteiger charge is -2.19. The van der Waals surface area contributed by atoms with Crippen molar-refractivity contribution in [3.8, 4) is 0 Å². The number of aliphatic hydroxyl groups is 1. The van der Waals surface area contributed by atoms with Gasteiger partial charge in [0.2, 0.25) is 0 Å². The summed E-state index contributed by atoms with van der Waals surface area (Å²) in [5.41, 5.74) is -0.520. The van der Waals surface area contributed by atoms with Gasteiger partial charge in [0.25, 0.3) is 0 Å². The lowest BCUT2D eigenvalue weighted by atomic mass is 9.98. The van der Waals surface area contributed by atoms with Crippen LogP contribution in [0.2, 0.25) is 0 Å². The van der Waals surface area contributed by atoms with Crippen LogP contribution in [0, 0.1) is 11.8 Å². The van der Waals surface area contributed by atoms with Crippen molar-refractivity contribution in [1.82, 2.24) is 5.32 Å². The first-order chi connectivity index (χ1) is 6.49. The molecule has 1 fully saturated rings. The molecular weight excluding hydrogens is 174 g/mol. The van der Waals surface area contributed by atoms with Gasteiger partial charge in [-0.1, -0.05) is 19.8 Å². The van der Waals surface area contributed by atoms with Crippen LogP contribution in [0.15, 0.2) is 0 Å². The van der Waals surface area contributed by atoms with E-state index in [0.29, 0.717) is 0 Å². The van der Waals surface area contributed by atoms with Crippen LogP contribution in [0.4, 0.5) is 0 Å². The van der Waals surface area contributed by atoms with Crippen LogP contribution in [0.1, 0.15) is 46.5 Å². The molecule has 1 aliphatic rings. The fraction of sp³-hybridized carbons (Fsp3) is 1.00. The van der Waals surface area contributed by atoms with Crippen LogP contribution in [-0.4, -0.2) is 23.8 Å². The van der Waals surface area contributed by atoms with Gasteiger partial charge in [-0.25, -0.2) is 0 Å². The molecule has 84 valence electrons. The Kier molecular flexibility index (Phi) is 4.39. The third kappa shape index (κ3) is 4.43. The Morgan fingerprint density at radius 2 is 2.07 bits per heavy atom. The minimum absolute atomic E-state index is 0.520. The smallest absolute Gasteiger partial charge is 0.0603 e. The van der Waals surface area contributed by atoms with Gasteiger partial charge in [-0.2, -0.15) is 0 Å². The van der Waals surface area contributed by atoms with E-state index in [4.69, 9.17) is 0 Å². The Labute approximate surface area is 88.1 Å². The van der Waals surface area contributed by atoms with Gasteiger partial charge in [-0.05, 0) is 51.6 Å². The van der Waals surface area contributed by atoms with Crippen molar-refractivity contribution >= 4 is 0 Å². The summed E-state index contributed by atoms with van der Waals surface area (Å²) in [5, 5.41) is 13.0. The molecule has 2 heteroatoms. The standard InChI is InChI=1S/C12H25NO/c1-10-5-4-6-11(10)9-13-8-7-12(2,3)14/h10-11,13-14H,4-9H2,1-3H3. The van der Waals surface area contributed by atoms with Crippen molar-refractivity contribution in [2.45, 2.75) is 52.1 Å². The van der Waals surface area contributed by atoms with E-state index in [2.05, 4.69) is 12.2 Å². The predicted octanol–water partition coefficient (Wildman–Crippen LogP) is 2.17. The van der Waals surface area contributed by atoms with E-state index in [1.165, 1.54) is 19.3 Å². The molecule has 0 aromatic carbocycles. The fourth-order valence-electron chi connectivity index (χ4n) is 2.21. The number of hydrogen-bond acceptors (Lipinski definition) is 2. The SMILES string of the molecule is CC1CCCC1CNCCC(C)(C)O. The molecule has 0 amide bonds. The summed E-state index contributed by atoms with van der Waals surface area (Å²) in [4.78, 5) is 0. The van der Waals surface area contributed by atoms with Crippen molar-refractivity contribution in [3.05, 3.63) is 0 Å². The average molecular weight is 199 g/mol. The Balaban J connectivity index is 2.04. The summed E-state index contributed by atoms with van der Waals surface area (Å²) in [6, 6.07) is 0. The van der Waals surface area contributed by atoms with Crippen LogP contribution in [0.25, 0.3) is 0 Å². The normalized spacial score (nSPS) is 28.3. The maximum atomic E-state index is 9.52. The van der Waals surface area contributed by atoms with Gasteiger partial charge in [0.05, 0.1) is 5.60 Å². The first kappa shape index (κ1) is 12.0. The molecule has 0 radical (unpaired) electrons. The van der Waals surface area contributed by atoms with Crippen molar-refractivity contribution in [2.75, 3.05) is 13.1 Å². The van der Waals surface area contributed by atoms with E-state index in [9.17, 15) is 5.11 Å². The van der Waals surface area contributed by atoms with Crippen LogP contribution in [0.5, 0.6) is 0 Å². The highest BCUT2D eigenvalue weighted by molar-refractivity contribution is 4.76. The van der Waals surface area contributed by atoms with Gasteiger partial charge in [-0.15, -0.1) is 0 Å². The van der Waals surface area contributed by atoms with E-state index in [1.54, 1.807) is 0 Å². The molecular formula is C12H25NO. The predicted molar refractivity (Wildman–Crippen MR) is 60.3 cm³/mol. The third-order valence-corrected chi connectivity index (χ3v) is 3.36. The van der Waals surface area contributed by atoms with E-state index in [1.807, 2.05) is 13.8 Å². The molecule has 0 saturated heterocycles. The minimum atomic E-state index is -0.520. The average Bonchev–Trinajstić information content (AvgIpc) is 2.44. The molecule has 1 saturated carbocycles. The van der Waals surface area contributed by atoms with Crippen molar-refractivity contribution < 1.29 is 5.11 Å².